The van der Waals surface area contributed by atoms with Crippen molar-refractivity contribution in [2.75, 3.05) is 0 Å². The zero-order chi connectivity index (χ0) is 16.2. The van der Waals surface area contributed by atoms with Crippen LogP contribution in [-0.4, -0.2) is 14.3 Å². The van der Waals surface area contributed by atoms with Crippen LogP contribution in [0.5, 0.6) is 0 Å². The summed E-state index contributed by atoms with van der Waals surface area (Å²) < 4.78 is 18.0. The van der Waals surface area contributed by atoms with E-state index in [9.17, 15) is 4.21 Å². The van der Waals surface area contributed by atoms with Gasteiger partial charge in [-0.05, 0) is 29.5 Å². The summed E-state index contributed by atoms with van der Waals surface area (Å²) in [6, 6.07) is 9.45. The fourth-order valence-corrected chi connectivity index (χ4v) is 4.07. The average Bonchev–Trinajstić information content (AvgIpc) is 3.18. The summed E-state index contributed by atoms with van der Waals surface area (Å²) in [5, 5.41) is 13.0. The molecule has 3 aromatic rings. The van der Waals surface area contributed by atoms with Crippen molar-refractivity contribution in [1.29, 1.82) is 0 Å². The van der Waals surface area contributed by atoms with Gasteiger partial charge in [-0.2, -0.15) is 11.3 Å². The van der Waals surface area contributed by atoms with Gasteiger partial charge in [0.05, 0.1) is 18.1 Å². The Morgan fingerprint density at radius 1 is 1.17 bits per heavy atom. The molecule has 1 N–H and O–H groups in total. The molecule has 0 aliphatic heterocycles. The Morgan fingerprint density at radius 2 is 1.91 bits per heavy atom. The molecular weight excluding hydrogens is 330 g/mol. The van der Waals surface area contributed by atoms with Crippen LogP contribution in [0, 0.1) is 6.92 Å². The molecule has 4 nitrogen and oxygen atoms in total. The molecule has 1 unspecified atom stereocenters. The van der Waals surface area contributed by atoms with E-state index in [0.29, 0.717) is 17.4 Å². The van der Waals surface area contributed by atoms with Gasteiger partial charge in [-0.1, -0.05) is 24.3 Å². The summed E-state index contributed by atoms with van der Waals surface area (Å²) in [5.41, 5.74) is 3.54. The van der Waals surface area contributed by atoms with Crippen molar-refractivity contribution in [3.63, 3.8) is 0 Å². The number of thiophene rings is 1. The summed E-state index contributed by atoms with van der Waals surface area (Å²) in [7, 11) is -1.06. The van der Waals surface area contributed by atoms with Crippen LogP contribution in [0.25, 0.3) is 11.5 Å². The molecule has 3 rings (SSSR count). The number of hydrogen-bond donors (Lipinski definition) is 1. The first-order chi connectivity index (χ1) is 11.2. The Kier molecular flexibility index (Phi) is 5.05. The Balaban J connectivity index is 1.67. The van der Waals surface area contributed by atoms with Gasteiger partial charge in [0.15, 0.2) is 0 Å². The van der Waals surface area contributed by atoms with Gasteiger partial charge in [-0.15, -0.1) is 0 Å². The number of hydrogen-bond acceptors (Lipinski definition) is 5. The molecule has 6 heteroatoms. The van der Waals surface area contributed by atoms with Gasteiger partial charge in [0.1, 0.15) is 5.76 Å². The molecule has 0 bridgehead atoms. The van der Waals surface area contributed by atoms with Crippen molar-refractivity contribution >= 4 is 22.1 Å². The lowest BCUT2D eigenvalue weighted by molar-refractivity contribution is 0.282. The van der Waals surface area contributed by atoms with Crippen LogP contribution in [0.1, 0.15) is 22.6 Å². The lowest BCUT2D eigenvalue weighted by Gasteiger charge is -2.02. The van der Waals surface area contributed by atoms with E-state index in [1.807, 2.05) is 48.0 Å². The maximum Gasteiger partial charge on any atom is 0.227 e. The first-order valence-electron chi connectivity index (χ1n) is 7.18. The van der Waals surface area contributed by atoms with E-state index in [4.69, 9.17) is 9.52 Å². The first kappa shape index (κ1) is 16.1. The van der Waals surface area contributed by atoms with Gasteiger partial charge in [0.2, 0.25) is 5.89 Å². The van der Waals surface area contributed by atoms with Crippen LogP contribution in [0.3, 0.4) is 0 Å². The van der Waals surface area contributed by atoms with Gasteiger partial charge >= 0.3 is 0 Å². The van der Waals surface area contributed by atoms with E-state index in [1.165, 1.54) is 0 Å². The van der Waals surface area contributed by atoms with Crippen molar-refractivity contribution in [3.8, 4) is 11.5 Å². The van der Waals surface area contributed by atoms with Crippen LogP contribution in [0.15, 0.2) is 45.5 Å². The van der Waals surface area contributed by atoms with Crippen molar-refractivity contribution in [2.45, 2.75) is 25.0 Å². The zero-order valence-corrected chi connectivity index (χ0v) is 14.3. The summed E-state index contributed by atoms with van der Waals surface area (Å²) in [4.78, 5) is 4.48. The monoisotopic (exact) mass is 347 g/mol. The summed E-state index contributed by atoms with van der Waals surface area (Å²) in [6.45, 7) is 1.87. The molecule has 0 fully saturated rings. The second-order valence-electron chi connectivity index (χ2n) is 5.24. The van der Waals surface area contributed by atoms with Crippen molar-refractivity contribution in [1.82, 2.24) is 4.98 Å². The summed E-state index contributed by atoms with van der Waals surface area (Å²) >= 11 is 1.59. The predicted octanol–water partition coefficient (Wildman–Crippen LogP) is 3.65. The summed E-state index contributed by atoms with van der Waals surface area (Å²) in [6.07, 6.45) is 0. The molecule has 0 radical (unpaired) electrons. The third-order valence-corrected chi connectivity index (χ3v) is 5.43. The number of nitrogens with zero attached hydrogens (tertiary/aromatic N) is 1. The zero-order valence-electron chi connectivity index (χ0n) is 12.7. The van der Waals surface area contributed by atoms with Crippen molar-refractivity contribution in [3.05, 3.63) is 63.7 Å². The Morgan fingerprint density at radius 3 is 2.57 bits per heavy atom. The van der Waals surface area contributed by atoms with Gasteiger partial charge in [0.25, 0.3) is 0 Å². The van der Waals surface area contributed by atoms with E-state index in [1.54, 1.807) is 11.3 Å². The number of oxazole rings is 1. The number of rotatable bonds is 6. The standard InChI is InChI=1S/C17H17NO3S2/c1-12-16(18-17(21-12)15-6-7-22-9-15)11-23(20)10-14-4-2-13(8-19)3-5-14/h2-7,9,19H,8,10-11H2,1H3. The lowest BCUT2D eigenvalue weighted by Crippen LogP contribution is -2.01. The van der Waals surface area contributed by atoms with Crippen molar-refractivity contribution in [2.24, 2.45) is 0 Å². The highest BCUT2D eigenvalue weighted by Gasteiger charge is 2.14. The SMILES string of the molecule is Cc1oc(-c2ccsc2)nc1CS(=O)Cc1ccc(CO)cc1. The Labute approximate surface area is 141 Å². The first-order valence-corrected chi connectivity index (χ1v) is 9.61. The molecule has 1 atom stereocenters. The topological polar surface area (TPSA) is 63.3 Å². The largest absolute Gasteiger partial charge is 0.441 e. The molecule has 2 heterocycles. The molecule has 0 spiro atoms. The van der Waals surface area contributed by atoms with Crippen LogP contribution in [0.4, 0.5) is 0 Å². The highest BCUT2D eigenvalue weighted by atomic mass is 32.2. The predicted molar refractivity (Wildman–Crippen MR) is 92.5 cm³/mol. The molecule has 120 valence electrons. The minimum atomic E-state index is -1.06. The third kappa shape index (κ3) is 3.96. The van der Waals surface area contributed by atoms with E-state index in [-0.39, 0.29) is 6.61 Å². The van der Waals surface area contributed by atoms with Crippen LogP contribution in [0.2, 0.25) is 0 Å². The van der Waals surface area contributed by atoms with Gasteiger partial charge in [0, 0.05) is 27.5 Å². The van der Waals surface area contributed by atoms with E-state index < -0.39 is 10.8 Å². The number of aliphatic hydroxyl groups excluding tert-OH is 1. The fourth-order valence-electron chi connectivity index (χ4n) is 2.20. The third-order valence-electron chi connectivity index (χ3n) is 3.49. The average molecular weight is 347 g/mol. The molecule has 0 amide bonds. The van der Waals surface area contributed by atoms with Gasteiger partial charge in [-0.25, -0.2) is 4.98 Å². The molecule has 0 aliphatic rings. The maximum atomic E-state index is 12.4. The Bertz CT molecular complexity index is 792. The normalized spacial score (nSPS) is 12.4. The van der Waals surface area contributed by atoms with Crippen LogP contribution >= 0.6 is 11.3 Å². The second-order valence-corrected chi connectivity index (χ2v) is 7.47. The smallest absolute Gasteiger partial charge is 0.227 e. The highest BCUT2D eigenvalue weighted by Crippen LogP contribution is 2.24. The van der Waals surface area contributed by atoms with E-state index in [2.05, 4.69) is 4.98 Å². The van der Waals surface area contributed by atoms with E-state index in [0.717, 1.165) is 28.1 Å². The second kappa shape index (κ2) is 7.21. The fraction of sp³-hybridized carbons (Fsp3) is 0.235. The molecule has 23 heavy (non-hydrogen) atoms. The minimum Gasteiger partial charge on any atom is -0.441 e. The molecule has 2 aromatic heterocycles. The highest BCUT2D eigenvalue weighted by molar-refractivity contribution is 7.83. The van der Waals surface area contributed by atoms with Crippen LogP contribution in [-0.2, 0) is 28.9 Å². The number of aryl methyl sites for hydroxylation is 1. The molecule has 1 aromatic carbocycles. The number of aliphatic hydroxyl groups is 1. The van der Waals surface area contributed by atoms with Crippen LogP contribution < -0.4 is 0 Å². The quantitative estimate of drug-likeness (QED) is 0.739. The molecular formula is C17H17NO3S2. The van der Waals surface area contributed by atoms with Gasteiger partial charge in [-0.3, -0.25) is 4.21 Å². The van der Waals surface area contributed by atoms with Crippen molar-refractivity contribution < 1.29 is 13.7 Å². The lowest BCUT2D eigenvalue weighted by atomic mass is 10.2. The van der Waals surface area contributed by atoms with E-state index >= 15 is 0 Å². The molecule has 0 saturated carbocycles. The maximum absolute atomic E-state index is 12.4. The molecule has 0 aliphatic carbocycles. The van der Waals surface area contributed by atoms with Gasteiger partial charge < -0.3 is 9.52 Å². The molecule has 0 saturated heterocycles. The number of aromatic nitrogens is 1. The Hall–Kier alpha value is -1.76. The number of benzene rings is 1. The minimum absolute atomic E-state index is 0.0207. The summed E-state index contributed by atoms with van der Waals surface area (Å²) in [5.74, 6) is 2.14.